The van der Waals surface area contributed by atoms with E-state index >= 15 is 4.79 Å². The summed E-state index contributed by atoms with van der Waals surface area (Å²) in [5, 5.41) is 0. The van der Waals surface area contributed by atoms with E-state index < -0.39 is 0 Å². The summed E-state index contributed by atoms with van der Waals surface area (Å²) in [5.41, 5.74) is 3.72. The van der Waals surface area contributed by atoms with Crippen LogP contribution in [-0.4, -0.2) is 86.2 Å². The Morgan fingerprint density at radius 2 is 0.922 bits per heavy atom. The molecule has 51 heavy (non-hydrogen) atoms. The summed E-state index contributed by atoms with van der Waals surface area (Å²) in [5.74, 6) is 9.43. The Morgan fingerprint density at radius 3 is 1.35 bits per heavy atom. The highest BCUT2D eigenvalue weighted by atomic mass is 16.2. The van der Waals surface area contributed by atoms with Crippen LogP contribution >= 0.6 is 0 Å². The fourth-order valence-electron chi connectivity index (χ4n) is 16.7. The number of carbonyl (C=O) groups is 1. The number of fused-ring (bicyclic) bond motifs is 14. The molecule has 12 aliphatic rings. The fourth-order valence-corrected chi connectivity index (χ4v) is 16.7. The molecule has 0 spiro atoms. The number of hydrogen-bond acceptors (Lipinski definition) is 4. The van der Waals surface area contributed by atoms with Gasteiger partial charge in [-0.2, -0.15) is 0 Å². The molecule has 8 fully saturated rings. The molecule has 0 aromatic heterocycles. The van der Waals surface area contributed by atoms with Crippen LogP contribution in [0.3, 0.4) is 0 Å². The smallest absolute Gasteiger partial charge is 0.331 e. The van der Waals surface area contributed by atoms with Gasteiger partial charge in [0.05, 0.1) is 12.1 Å². The Bertz CT molecular complexity index is 1510. The highest BCUT2D eigenvalue weighted by Gasteiger charge is 2.74. The Hall–Kier alpha value is -1.72. The number of amides is 2. The maximum Gasteiger partial charge on any atom is 0.331 e. The van der Waals surface area contributed by atoms with Crippen LogP contribution in [0.15, 0.2) is 22.8 Å². The van der Waals surface area contributed by atoms with E-state index in [1.54, 1.807) is 11.2 Å². The average Bonchev–Trinajstić information content (AvgIpc) is 3.64. The third-order valence-corrected chi connectivity index (χ3v) is 19.3. The number of carbonyl (C=O) groups excluding carboxylic acids is 1. The van der Waals surface area contributed by atoms with Gasteiger partial charge in [0.1, 0.15) is 11.6 Å². The van der Waals surface area contributed by atoms with E-state index in [4.69, 9.17) is 0 Å². The van der Waals surface area contributed by atoms with E-state index in [-0.39, 0.29) is 0 Å². The summed E-state index contributed by atoms with van der Waals surface area (Å²) in [6.07, 6.45) is 18.8. The maximum atomic E-state index is 16.0. The van der Waals surface area contributed by atoms with Crippen molar-refractivity contribution in [3.05, 3.63) is 22.8 Å². The van der Waals surface area contributed by atoms with Crippen LogP contribution in [0.5, 0.6) is 0 Å². The van der Waals surface area contributed by atoms with Gasteiger partial charge in [0.15, 0.2) is 0 Å². The lowest BCUT2D eigenvalue weighted by Gasteiger charge is -2.69. The zero-order valence-electron chi connectivity index (χ0n) is 32.9. The minimum absolute atomic E-state index is 0.316. The molecule has 0 aromatic rings. The van der Waals surface area contributed by atoms with Gasteiger partial charge in [0, 0.05) is 41.4 Å². The van der Waals surface area contributed by atoms with Gasteiger partial charge in [0.25, 0.3) is 0 Å². The van der Waals surface area contributed by atoms with Gasteiger partial charge in [-0.25, -0.2) is 4.79 Å². The largest absolute Gasteiger partial charge is 0.372 e. The van der Waals surface area contributed by atoms with Crippen molar-refractivity contribution in [3.8, 4) is 0 Å². The second-order valence-corrected chi connectivity index (χ2v) is 22.2. The van der Waals surface area contributed by atoms with Crippen LogP contribution in [0.4, 0.5) is 4.79 Å². The lowest BCUT2D eigenvalue weighted by Crippen LogP contribution is -2.77. The van der Waals surface area contributed by atoms with Crippen molar-refractivity contribution >= 4 is 19.5 Å². The molecular weight excluding hydrogens is 624 g/mol. The fraction of sp³-hybridized carbons (Fsp3) is 0.884. The first-order valence-electron chi connectivity index (χ1n) is 22.5. The van der Waals surface area contributed by atoms with E-state index in [2.05, 4.69) is 73.0 Å². The first kappa shape index (κ1) is 31.6. The molecule has 0 radical (unpaired) electrons. The summed E-state index contributed by atoms with van der Waals surface area (Å²) in [6.45, 7) is 19.1. The Kier molecular flexibility index (Phi) is 6.39. The SMILES string of the molecule is CC1CC2C(CC1C)N1C3=C4N2C(=O)N2C5=C6B(C7CC(C(C)(C)C)CC(B3C3CCCCC31)C7N45)C1CCCCC1N6C1CC(C)C(C)CC12. The molecule has 0 aromatic carbocycles. The molecule has 3 saturated heterocycles. The van der Waals surface area contributed by atoms with Gasteiger partial charge in [-0.05, 0) is 96.8 Å². The summed E-state index contributed by atoms with van der Waals surface area (Å²) < 4.78 is 0. The second-order valence-electron chi connectivity index (χ2n) is 22.2. The number of urea groups is 1. The quantitative estimate of drug-likeness (QED) is 0.238. The Labute approximate surface area is 309 Å². The molecule has 14 atom stereocenters. The topological polar surface area (TPSA) is 33.3 Å². The minimum atomic E-state index is 0.316. The lowest BCUT2D eigenvalue weighted by molar-refractivity contribution is -0.0611. The van der Waals surface area contributed by atoms with Crippen LogP contribution in [0, 0.1) is 35.0 Å². The molecule has 14 unspecified atom stereocenters. The van der Waals surface area contributed by atoms with Crippen LogP contribution in [-0.2, 0) is 0 Å². The van der Waals surface area contributed by atoms with E-state index in [1.165, 1.54) is 102 Å². The zero-order valence-corrected chi connectivity index (χ0v) is 32.9. The molecule has 12 rings (SSSR count). The molecule has 5 saturated carbocycles. The van der Waals surface area contributed by atoms with E-state index in [9.17, 15) is 0 Å². The molecule has 5 aliphatic carbocycles. The van der Waals surface area contributed by atoms with Crippen molar-refractivity contribution in [1.29, 1.82) is 0 Å². The predicted molar refractivity (Wildman–Crippen MR) is 206 cm³/mol. The third kappa shape index (κ3) is 3.74. The Morgan fingerprint density at radius 1 is 0.510 bits per heavy atom. The molecular formula is C43H65B2N5O. The summed E-state index contributed by atoms with van der Waals surface area (Å²) in [6, 6.07) is 3.97. The number of hydrogen-bond donors (Lipinski definition) is 0. The van der Waals surface area contributed by atoms with Crippen molar-refractivity contribution in [3.63, 3.8) is 0 Å². The second kappa shape index (κ2) is 10.3. The average molecular weight is 690 g/mol. The van der Waals surface area contributed by atoms with Crippen LogP contribution < -0.4 is 0 Å². The summed E-state index contributed by atoms with van der Waals surface area (Å²) in [7, 11) is 0. The molecule has 7 heterocycles. The minimum Gasteiger partial charge on any atom is -0.372 e. The van der Waals surface area contributed by atoms with Crippen LogP contribution in [0.25, 0.3) is 0 Å². The lowest BCUT2D eigenvalue weighted by atomic mass is 9.20. The first-order chi connectivity index (χ1) is 24.5. The van der Waals surface area contributed by atoms with Crippen LogP contribution in [0.2, 0.25) is 23.3 Å². The molecule has 8 heteroatoms. The molecule has 274 valence electrons. The van der Waals surface area contributed by atoms with Gasteiger partial charge in [-0.3, -0.25) is 9.80 Å². The van der Waals surface area contributed by atoms with Crippen molar-refractivity contribution in [1.82, 2.24) is 24.5 Å². The normalized spacial score (nSPS) is 50.3. The molecule has 7 aliphatic heterocycles. The number of nitrogens with zero attached hydrogens (tertiary/aromatic N) is 5. The van der Waals surface area contributed by atoms with Gasteiger partial charge >= 0.3 is 6.03 Å². The molecule has 0 N–H and O–H groups in total. The third-order valence-electron chi connectivity index (χ3n) is 19.3. The van der Waals surface area contributed by atoms with E-state index in [0.717, 1.165) is 29.4 Å². The van der Waals surface area contributed by atoms with Crippen molar-refractivity contribution in [2.75, 3.05) is 0 Å². The standard InChI is InChI=1S/C43H65B2N5O/c1-22-16-33-35(18-24(22)3)48-40-38-44(27-12-8-10-14-31(27)46(33)38)29-20-26(43(5,6)7)21-30-37(29)50(40)41-39-45(30)28-13-9-11-15-32(28)47(39)34-17-23(2)25(4)19-36(34)49(41)42(48)51/h22-37H,8-21H2,1-7H3. The van der Waals surface area contributed by atoms with Crippen molar-refractivity contribution in [2.24, 2.45) is 35.0 Å². The van der Waals surface area contributed by atoms with E-state index in [0.29, 0.717) is 90.6 Å². The first-order valence-corrected chi connectivity index (χ1v) is 22.5. The van der Waals surface area contributed by atoms with E-state index in [1.807, 2.05) is 0 Å². The van der Waals surface area contributed by atoms with Gasteiger partial charge in [-0.1, -0.05) is 99.8 Å². The molecule has 2 amide bonds. The van der Waals surface area contributed by atoms with Crippen LogP contribution in [0.1, 0.15) is 138 Å². The molecule has 6 nitrogen and oxygen atoms in total. The monoisotopic (exact) mass is 690 g/mol. The van der Waals surface area contributed by atoms with Gasteiger partial charge in [0.2, 0.25) is 13.4 Å². The Balaban J connectivity index is 1.15. The molecule has 0 bridgehead atoms. The highest BCUT2D eigenvalue weighted by molar-refractivity contribution is 6.74. The predicted octanol–water partition coefficient (Wildman–Crippen LogP) is 8.91. The summed E-state index contributed by atoms with van der Waals surface area (Å²) in [4.78, 5) is 30.5. The highest BCUT2D eigenvalue weighted by Crippen LogP contribution is 2.71. The summed E-state index contributed by atoms with van der Waals surface area (Å²) >= 11 is 0. The van der Waals surface area contributed by atoms with Gasteiger partial charge in [-0.15, -0.1) is 0 Å². The van der Waals surface area contributed by atoms with Crippen molar-refractivity contribution in [2.45, 2.75) is 204 Å². The maximum absolute atomic E-state index is 16.0. The van der Waals surface area contributed by atoms with Gasteiger partial charge < -0.3 is 14.7 Å². The van der Waals surface area contributed by atoms with Crippen molar-refractivity contribution < 1.29 is 4.79 Å². The zero-order chi connectivity index (χ0) is 34.6. The number of rotatable bonds is 0.